The molecule has 138 valence electrons. The highest BCUT2D eigenvalue weighted by atomic mass is 35.5. The average molecular weight is 377 g/mol. The van der Waals surface area contributed by atoms with E-state index in [0.29, 0.717) is 17.0 Å². The number of carbonyl (C=O) groups is 2. The highest BCUT2D eigenvalue weighted by Crippen LogP contribution is 2.17. The number of nitrogens with zero attached hydrogens (tertiary/aromatic N) is 1. The van der Waals surface area contributed by atoms with E-state index in [0.717, 1.165) is 5.56 Å². The first-order valence-electron chi connectivity index (χ1n) is 8.45. The van der Waals surface area contributed by atoms with Crippen molar-refractivity contribution in [2.75, 3.05) is 7.05 Å². The lowest BCUT2D eigenvalue weighted by atomic mass is 10.1. The van der Waals surface area contributed by atoms with Crippen molar-refractivity contribution in [2.45, 2.75) is 32.4 Å². The molecule has 0 aliphatic rings. The quantitative estimate of drug-likeness (QED) is 0.803. The number of benzene rings is 2. The van der Waals surface area contributed by atoms with E-state index in [2.05, 4.69) is 5.32 Å². The average Bonchev–Trinajstić information content (AvgIpc) is 2.64. The Kier molecular flexibility index (Phi) is 7.16. The van der Waals surface area contributed by atoms with Gasteiger partial charge in [0.25, 0.3) is 0 Å². The fourth-order valence-electron chi connectivity index (χ4n) is 2.78. The zero-order chi connectivity index (χ0) is 19.1. The Hall–Kier alpha value is -2.40. The zero-order valence-electron chi connectivity index (χ0n) is 14.8. The third kappa shape index (κ3) is 5.05. The number of halogens is 2. The molecule has 2 rings (SSSR count). The van der Waals surface area contributed by atoms with Crippen LogP contribution in [0.15, 0.2) is 48.5 Å². The molecule has 2 amide bonds. The predicted octanol–water partition coefficient (Wildman–Crippen LogP) is 3.58. The van der Waals surface area contributed by atoms with E-state index < -0.39 is 11.9 Å². The number of likely N-dealkylation sites (N-methyl/N-ethyl adjacent to an activating group) is 1. The molecule has 0 saturated heterocycles. The number of amides is 2. The molecule has 0 aliphatic heterocycles. The number of rotatable bonds is 7. The van der Waals surface area contributed by atoms with E-state index in [9.17, 15) is 14.0 Å². The summed E-state index contributed by atoms with van der Waals surface area (Å²) in [5, 5.41) is 3.19. The SMILES string of the molecule is CCC(C(=O)NC)N(Cc1ccc(Cl)cc1)C(=O)Cc1ccccc1F. The maximum atomic E-state index is 13.9. The highest BCUT2D eigenvalue weighted by Gasteiger charge is 2.28. The molecule has 1 atom stereocenters. The van der Waals surface area contributed by atoms with Gasteiger partial charge in [0.1, 0.15) is 11.9 Å². The molecule has 0 spiro atoms. The fourth-order valence-corrected chi connectivity index (χ4v) is 2.90. The van der Waals surface area contributed by atoms with Crippen molar-refractivity contribution < 1.29 is 14.0 Å². The van der Waals surface area contributed by atoms with Crippen LogP contribution >= 0.6 is 11.6 Å². The summed E-state index contributed by atoms with van der Waals surface area (Å²) in [7, 11) is 1.53. The Balaban J connectivity index is 2.29. The second-order valence-corrected chi connectivity index (χ2v) is 6.39. The Morgan fingerprint density at radius 3 is 2.38 bits per heavy atom. The van der Waals surface area contributed by atoms with Gasteiger partial charge in [-0.1, -0.05) is 48.9 Å². The zero-order valence-corrected chi connectivity index (χ0v) is 15.6. The van der Waals surface area contributed by atoms with Gasteiger partial charge < -0.3 is 10.2 Å². The molecule has 0 aromatic heterocycles. The molecule has 0 bridgehead atoms. The van der Waals surface area contributed by atoms with E-state index in [1.807, 2.05) is 19.1 Å². The lowest BCUT2D eigenvalue weighted by Crippen LogP contribution is -2.48. The van der Waals surface area contributed by atoms with E-state index in [1.54, 1.807) is 30.3 Å². The molecule has 1 N–H and O–H groups in total. The summed E-state index contributed by atoms with van der Waals surface area (Å²) >= 11 is 5.91. The van der Waals surface area contributed by atoms with Gasteiger partial charge in [0, 0.05) is 18.6 Å². The summed E-state index contributed by atoms with van der Waals surface area (Å²) in [6.07, 6.45) is 0.351. The topological polar surface area (TPSA) is 49.4 Å². The van der Waals surface area contributed by atoms with E-state index >= 15 is 0 Å². The van der Waals surface area contributed by atoms with Gasteiger partial charge in [-0.2, -0.15) is 0 Å². The van der Waals surface area contributed by atoms with Gasteiger partial charge in [0.05, 0.1) is 6.42 Å². The van der Waals surface area contributed by atoms with Crippen LogP contribution in [0.5, 0.6) is 0 Å². The molecule has 0 radical (unpaired) electrons. The van der Waals surface area contributed by atoms with Crippen LogP contribution in [-0.4, -0.2) is 29.8 Å². The van der Waals surface area contributed by atoms with Crippen LogP contribution in [0, 0.1) is 5.82 Å². The lowest BCUT2D eigenvalue weighted by Gasteiger charge is -2.30. The molecule has 2 aromatic carbocycles. The van der Waals surface area contributed by atoms with Gasteiger partial charge in [-0.25, -0.2) is 4.39 Å². The number of hydrogen-bond acceptors (Lipinski definition) is 2. The first kappa shape index (κ1) is 19.9. The maximum Gasteiger partial charge on any atom is 0.242 e. The van der Waals surface area contributed by atoms with Crippen molar-refractivity contribution in [3.05, 3.63) is 70.5 Å². The van der Waals surface area contributed by atoms with E-state index in [1.165, 1.54) is 18.0 Å². The normalized spacial score (nSPS) is 11.7. The molecule has 0 fully saturated rings. The number of carbonyl (C=O) groups excluding carboxylic acids is 2. The minimum Gasteiger partial charge on any atom is -0.357 e. The minimum absolute atomic E-state index is 0.103. The van der Waals surface area contributed by atoms with Crippen molar-refractivity contribution in [3.8, 4) is 0 Å². The number of hydrogen-bond donors (Lipinski definition) is 1. The molecule has 0 heterocycles. The Morgan fingerprint density at radius 2 is 1.81 bits per heavy atom. The van der Waals surface area contributed by atoms with Gasteiger partial charge in [0.15, 0.2) is 0 Å². The van der Waals surface area contributed by atoms with Crippen molar-refractivity contribution in [3.63, 3.8) is 0 Å². The molecule has 4 nitrogen and oxygen atoms in total. The lowest BCUT2D eigenvalue weighted by molar-refractivity contribution is -0.140. The Labute approximate surface area is 158 Å². The summed E-state index contributed by atoms with van der Waals surface area (Å²) in [4.78, 5) is 26.7. The van der Waals surface area contributed by atoms with Gasteiger partial charge in [0.2, 0.25) is 11.8 Å². The predicted molar refractivity (Wildman–Crippen MR) is 100 cm³/mol. The molecular formula is C20H22ClFN2O2. The summed E-state index contributed by atoms with van der Waals surface area (Å²) in [6, 6.07) is 12.6. The molecular weight excluding hydrogens is 355 g/mol. The summed E-state index contributed by atoms with van der Waals surface area (Å²) < 4.78 is 13.9. The summed E-state index contributed by atoms with van der Waals surface area (Å²) in [6.45, 7) is 2.08. The molecule has 26 heavy (non-hydrogen) atoms. The Bertz CT molecular complexity index is 765. The van der Waals surface area contributed by atoms with Crippen LogP contribution in [0.3, 0.4) is 0 Å². The van der Waals surface area contributed by atoms with Crippen molar-refractivity contribution in [1.82, 2.24) is 10.2 Å². The highest BCUT2D eigenvalue weighted by molar-refractivity contribution is 6.30. The fraction of sp³-hybridized carbons (Fsp3) is 0.300. The van der Waals surface area contributed by atoms with Crippen LogP contribution in [0.1, 0.15) is 24.5 Å². The standard InChI is InChI=1S/C20H22ClFN2O2/c1-3-18(20(26)23-2)24(13-14-8-10-16(21)11-9-14)19(25)12-15-6-4-5-7-17(15)22/h4-11,18H,3,12-13H2,1-2H3,(H,23,26). The largest absolute Gasteiger partial charge is 0.357 e. The van der Waals surface area contributed by atoms with E-state index in [4.69, 9.17) is 11.6 Å². The molecule has 6 heteroatoms. The van der Waals surface area contributed by atoms with Gasteiger partial charge in [-0.3, -0.25) is 9.59 Å². The smallest absolute Gasteiger partial charge is 0.242 e. The third-order valence-corrected chi connectivity index (χ3v) is 4.45. The van der Waals surface area contributed by atoms with Gasteiger partial charge in [-0.15, -0.1) is 0 Å². The molecule has 2 aromatic rings. The van der Waals surface area contributed by atoms with Crippen LogP contribution < -0.4 is 5.32 Å². The van der Waals surface area contributed by atoms with Crippen molar-refractivity contribution >= 4 is 23.4 Å². The third-order valence-electron chi connectivity index (χ3n) is 4.20. The van der Waals surface area contributed by atoms with Crippen LogP contribution in [-0.2, 0) is 22.6 Å². The van der Waals surface area contributed by atoms with Gasteiger partial charge >= 0.3 is 0 Å². The van der Waals surface area contributed by atoms with E-state index in [-0.39, 0.29) is 24.8 Å². The van der Waals surface area contributed by atoms with Gasteiger partial charge in [-0.05, 0) is 35.7 Å². The minimum atomic E-state index is -0.630. The first-order chi connectivity index (χ1) is 12.5. The molecule has 0 saturated carbocycles. The summed E-state index contributed by atoms with van der Waals surface area (Å²) in [5.74, 6) is -0.982. The van der Waals surface area contributed by atoms with Crippen LogP contribution in [0.4, 0.5) is 4.39 Å². The van der Waals surface area contributed by atoms with Crippen LogP contribution in [0.2, 0.25) is 5.02 Å². The maximum absolute atomic E-state index is 13.9. The second-order valence-electron chi connectivity index (χ2n) is 5.95. The van der Waals surface area contributed by atoms with Crippen molar-refractivity contribution in [1.29, 1.82) is 0 Å². The Morgan fingerprint density at radius 1 is 1.15 bits per heavy atom. The van der Waals surface area contributed by atoms with Crippen LogP contribution in [0.25, 0.3) is 0 Å². The number of nitrogens with one attached hydrogen (secondary N) is 1. The first-order valence-corrected chi connectivity index (χ1v) is 8.83. The second kappa shape index (κ2) is 9.34. The van der Waals surface area contributed by atoms with Crippen molar-refractivity contribution in [2.24, 2.45) is 0 Å². The monoisotopic (exact) mass is 376 g/mol. The molecule has 1 unspecified atom stereocenters. The summed E-state index contributed by atoms with van der Waals surface area (Å²) in [5.41, 5.74) is 1.16. The molecule has 0 aliphatic carbocycles.